The highest BCUT2D eigenvalue weighted by molar-refractivity contribution is 6.73. The number of hydrogen-bond donors (Lipinski definition) is 3. The van der Waals surface area contributed by atoms with E-state index in [2.05, 4.69) is 40.4 Å². The van der Waals surface area contributed by atoms with Crippen molar-refractivity contribution in [2.24, 2.45) is 16.7 Å². The molecule has 3 aliphatic carbocycles. The molecule has 3 N–H and O–H groups in total. The molecule has 2 bridgehead atoms. The number of aliphatic hydroxyl groups excluding tert-OH is 2. The Kier molecular flexibility index (Phi) is 8.67. The maximum atomic E-state index is 15.0. The third kappa shape index (κ3) is 4.63. The number of Topliss-reactive ketones (excluding diaryl/α,β-unsaturated/α-hetero) is 1. The molecule has 0 aromatic carbocycles. The number of fused-ring (bicyclic) bond motifs is 3. The molecule has 3 fully saturated rings. The minimum absolute atomic E-state index is 0.0296. The summed E-state index contributed by atoms with van der Waals surface area (Å²) >= 11 is 0. The van der Waals surface area contributed by atoms with Crippen molar-refractivity contribution in [2.75, 3.05) is 0 Å². The third-order valence-electron chi connectivity index (χ3n) is 11.7. The highest BCUT2D eigenvalue weighted by Gasteiger charge is 2.77. The molecule has 240 valence electrons. The van der Waals surface area contributed by atoms with Crippen LogP contribution in [-0.2, 0) is 23.1 Å². The van der Waals surface area contributed by atoms with Crippen molar-refractivity contribution >= 4 is 28.6 Å². The molecule has 4 rings (SSSR count). The predicted octanol–water partition coefficient (Wildman–Crippen LogP) is 5.09. The fourth-order valence-corrected chi connectivity index (χ4v) is 13.0. The lowest BCUT2D eigenvalue weighted by molar-refractivity contribution is -0.254. The van der Waals surface area contributed by atoms with E-state index in [1.807, 2.05) is 20.8 Å². The van der Waals surface area contributed by atoms with E-state index < -0.39 is 87.0 Å². The Hall–Kier alpha value is -1.09. The fraction of sp³-hybridized carbons (Fsp3) is 0.871. The van der Waals surface area contributed by atoms with E-state index in [1.165, 1.54) is 0 Å². The summed E-state index contributed by atoms with van der Waals surface area (Å²) in [5.74, 6) is -1.60. The summed E-state index contributed by atoms with van der Waals surface area (Å²) in [4.78, 5) is 28.2. The zero-order valence-electron chi connectivity index (χ0n) is 27.5. The molecular weight excluding hydrogens is 573 g/mol. The molecule has 1 saturated heterocycles. The van der Waals surface area contributed by atoms with Gasteiger partial charge in [-0.05, 0) is 69.2 Å². The lowest BCUT2D eigenvalue weighted by Crippen LogP contribution is -2.76. The molecular formula is C31H54O9Si2. The molecule has 0 unspecified atom stereocenters. The van der Waals surface area contributed by atoms with Crippen molar-refractivity contribution in [3.05, 3.63) is 11.1 Å². The van der Waals surface area contributed by atoms with E-state index in [0.717, 1.165) is 23.7 Å². The Morgan fingerprint density at radius 3 is 2.05 bits per heavy atom. The molecule has 1 aliphatic heterocycles. The van der Waals surface area contributed by atoms with Gasteiger partial charge in [0.25, 0.3) is 0 Å². The van der Waals surface area contributed by atoms with Gasteiger partial charge < -0.3 is 33.6 Å². The average Bonchev–Trinajstić information content (AvgIpc) is 3.23. The van der Waals surface area contributed by atoms with Crippen LogP contribution in [0.3, 0.4) is 0 Å². The van der Waals surface area contributed by atoms with Crippen LogP contribution in [0, 0.1) is 16.7 Å². The second kappa shape index (κ2) is 10.8. The first-order valence-electron chi connectivity index (χ1n) is 15.8. The van der Waals surface area contributed by atoms with Crippen molar-refractivity contribution in [3.63, 3.8) is 0 Å². The predicted molar refractivity (Wildman–Crippen MR) is 164 cm³/mol. The summed E-state index contributed by atoms with van der Waals surface area (Å²) in [6.45, 7) is 21.6. The SMILES string of the molecule is CC[C@]1(O)[C@H](O)C[C@H](O[Si](CC)(CC)CC)[C@@]2(C)C(=O)[C@H](O)C3=C(C)[C@@H](O[Si](C)(C)C)C[C@]4(OC(=O)O[C@H]4[C@H]12)C3(C)C. The van der Waals surface area contributed by atoms with Crippen molar-refractivity contribution in [3.8, 4) is 0 Å². The second-order valence-corrected chi connectivity index (χ2v) is 24.1. The maximum absolute atomic E-state index is 15.0. The Morgan fingerprint density at radius 1 is 0.976 bits per heavy atom. The standard InChI is InChI=1S/C31H54O9Si2/c1-12-30(36)20(32)16-21(40-42(13-2,14-3)15-4)29(8)24(30)26-31(38-27(35)37-26)17-19(39-41(9,10)11)18(5)22(28(31,6)7)23(33)25(29)34/h19-21,23-24,26,32-33,36H,12-17H2,1-11H3/t19-,20+,21-,23+,24-,26-,29+,30-,31+/m0/s1. The molecule has 2 saturated carbocycles. The lowest BCUT2D eigenvalue weighted by atomic mass is 9.45. The summed E-state index contributed by atoms with van der Waals surface area (Å²) in [6.07, 6.45) is -5.76. The Labute approximate surface area is 253 Å². The largest absolute Gasteiger partial charge is 0.509 e. The summed E-state index contributed by atoms with van der Waals surface area (Å²) < 4.78 is 25.9. The smallest absolute Gasteiger partial charge is 0.426 e. The number of hydrogen-bond acceptors (Lipinski definition) is 9. The molecule has 11 heteroatoms. The first-order valence-corrected chi connectivity index (χ1v) is 21.8. The molecule has 9 nitrogen and oxygen atoms in total. The van der Waals surface area contributed by atoms with E-state index in [9.17, 15) is 24.9 Å². The normalized spacial score (nSPS) is 41.9. The summed E-state index contributed by atoms with van der Waals surface area (Å²) in [6, 6.07) is 2.46. The first-order chi connectivity index (χ1) is 19.2. The van der Waals surface area contributed by atoms with Gasteiger partial charge in [0.1, 0.15) is 6.10 Å². The number of ketones is 1. The number of carbonyl (C=O) groups excluding carboxylic acids is 2. The van der Waals surface area contributed by atoms with E-state index in [0.29, 0.717) is 5.57 Å². The minimum atomic E-state index is -2.34. The van der Waals surface area contributed by atoms with Gasteiger partial charge in [-0.3, -0.25) is 4.79 Å². The average molecular weight is 627 g/mol. The fourth-order valence-electron chi connectivity index (χ4n) is 8.92. The van der Waals surface area contributed by atoms with E-state index >= 15 is 0 Å². The Morgan fingerprint density at radius 2 is 1.55 bits per heavy atom. The summed E-state index contributed by atoms with van der Waals surface area (Å²) in [7, 11) is -4.49. The van der Waals surface area contributed by atoms with Gasteiger partial charge in [0, 0.05) is 24.2 Å². The first kappa shape index (κ1) is 33.8. The van der Waals surface area contributed by atoms with Gasteiger partial charge >= 0.3 is 6.16 Å². The van der Waals surface area contributed by atoms with Gasteiger partial charge in [0.2, 0.25) is 0 Å². The number of carbonyl (C=O) groups is 2. The molecule has 0 amide bonds. The molecule has 0 radical (unpaired) electrons. The second-order valence-electron chi connectivity index (χ2n) is 14.9. The van der Waals surface area contributed by atoms with Crippen molar-refractivity contribution in [1.29, 1.82) is 0 Å². The van der Waals surface area contributed by atoms with Gasteiger partial charge in [-0.25, -0.2) is 4.79 Å². The van der Waals surface area contributed by atoms with Crippen LogP contribution in [0.5, 0.6) is 0 Å². The molecule has 0 aromatic rings. The molecule has 1 spiro atoms. The molecule has 9 atom stereocenters. The van der Waals surface area contributed by atoms with E-state index in [-0.39, 0.29) is 19.3 Å². The highest BCUT2D eigenvalue weighted by atomic mass is 28.4. The van der Waals surface area contributed by atoms with Gasteiger partial charge in [-0.1, -0.05) is 41.5 Å². The summed E-state index contributed by atoms with van der Waals surface area (Å²) in [5, 5.41) is 36.3. The Bertz CT molecular complexity index is 1120. The number of rotatable bonds is 8. The molecule has 4 aliphatic rings. The molecule has 1 heterocycles. The molecule has 0 aromatic heterocycles. The zero-order chi connectivity index (χ0) is 31.8. The summed E-state index contributed by atoms with van der Waals surface area (Å²) in [5.41, 5.74) is -4.51. The number of aliphatic hydroxyl groups is 3. The van der Waals surface area contributed by atoms with E-state index in [1.54, 1.807) is 13.8 Å². The topological polar surface area (TPSA) is 132 Å². The van der Waals surface area contributed by atoms with Crippen LogP contribution in [0.2, 0.25) is 37.8 Å². The van der Waals surface area contributed by atoms with Crippen molar-refractivity contribution in [2.45, 2.75) is 154 Å². The Balaban J connectivity index is 2.07. The van der Waals surface area contributed by atoms with Gasteiger partial charge in [0.15, 0.2) is 34.1 Å². The van der Waals surface area contributed by atoms with Gasteiger partial charge in [0.05, 0.1) is 29.3 Å². The maximum Gasteiger partial charge on any atom is 0.509 e. The quantitative estimate of drug-likeness (QED) is 0.192. The highest BCUT2D eigenvalue weighted by Crippen LogP contribution is 2.65. The zero-order valence-corrected chi connectivity index (χ0v) is 29.5. The lowest BCUT2D eigenvalue weighted by Gasteiger charge is -2.63. The van der Waals surface area contributed by atoms with Crippen LogP contribution in [0.1, 0.15) is 74.7 Å². The van der Waals surface area contributed by atoms with Gasteiger partial charge in [-0.2, -0.15) is 0 Å². The van der Waals surface area contributed by atoms with E-state index in [4.69, 9.17) is 18.3 Å². The van der Waals surface area contributed by atoms with Crippen LogP contribution in [0.25, 0.3) is 0 Å². The van der Waals surface area contributed by atoms with Crippen molar-refractivity contribution < 1.29 is 43.2 Å². The molecule has 42 heavy (non-hydrogen) atoms. The van der Waals surface area contributed by atoms with Crippen LogP contribution >= 0.6 is 0 Å². The number of ether oxygens (including phenoxy) is 2. The minimum Gasteiger partial charge on any atom is -0.426 e. The van der Waals surface area contributed by atoms with Crippen molar-refractivity contribution in [1.82, 2.24) is 0 Å². The third-order valence-corrected chi connectivity index (χ3v) is 17.3. The van der Waals surface area contributed by atoms with Crippen LogP contribution in [-0.4, -0.2) is 85.6 Å². The van der Waals surface area contributed by atoms with Crippen LogP contribution in [0.4, 0.5) is 4.79 Å². The van der Waals surface area contributed by atoms with Gasteiger partial charge in [-0.15, -0.1) is 0 Å². The van der Waals surface area contributed by atoms with Crippen LogP contribution < -0.4 is 0 Å². The van der Waals surface area contributed by atoms with Crippen LogP contribution in [0.15, 0.2) is 11.1 Å². The monoisotopic (exact) mass is 626 g/mol.